The summed E-state index contributed by atoms with van der Waals surface area (Å²) in [5.74, 6) is 0.220. The third-order valence-corrected chi connectivity index (χ3v) is 7.61. The third kappa shape index (κ3) is 5.89. The number of nitriles is 1. The van der Waals surface area contributed by atoms with Crippen LogP contribution in [0.4, 0.5) is 5.82 Å². The molecular formula is C28H40N6O2. The number of amides is 1. The molecule has 1 saturated heterocycles. The van der Waals surface area contributed by atoms with Gasteiger partial charge in [-0.3, -0.25) is 9.36 Å². The second-order valence-electron chi connectivity index (χ2n) is 11.9. The van der Waals surface area contributed by atoms with Crippen molar-refractivity contribution >= 4 is 22.6 Å². The minimum absolute atomic E-state index is 0.107. The summed E-state index contributed by atoms with van der Waals surface area (Å²) in [4.78, 5) is 33.7. The molecule has 0 spiro atoms. The molecule has 2 fully saturated rings. The first-order valence-electron chi connectivity index (χ1n) is 13.3. The molecule has 0 radical (unpaired) electrons. The van der Waals surface area contributed by atoms with Gasteiger partial charge >= 0.3 is 5.69 Å². The number of nitrogens with one attached hydrogen (secondary N) is 2. The van der Waals surface area contributed by atoms with E-state index in [4.69, 9.17) is 0 Å². The lowest BCUT2D eigenvalue weighted by atomic mass is 9.82. The first-order chi connectivity index (χ1) is 17.1. The average molecular weight is 493 g/mol. The van der Waals surface area contributed by atoms with Crippen LogP contribution in [0.2, 0.25) is 0 Å². The van der Waals surface area contributed by atoms with E-state index in [1.807, 2.05) is 28.8 Å². The zero-order valence-corrected chi connectivity index (χ0v) is 22.1. The van der Waals surface area contributed by atoms with Gasteiger partial charge in [0.05, 0.1) is 11.6 Å². The average Bonchev–Trinajstić information content (AvgIpc) is 2.84. The van der Waals surface area contributed by atoms with Crippen molar-refractivity contribution in [2.75, 3.05) is 25.5 Å². The van der Waals surface area contributed by atoms with E-state index in [2.05, 4.69) is 54.4 Å². The predicted octanol–water partition coefficient (Wildman–Crippen LogP) is 4.22. The zero-order chi connectivity index (χ0) is 25.9. The van der Waals surface area contributed by atoms with E-state index >= 15 is 0 Å². The summed E-state index contributed by atoms with van der Waals surface area (Å²) >= 11 is 0. The third-order valence-electron chi connectivity index (χ3n) is 7.61. The second kappa shape index (κ2) is 10.6. The highest BCUT2D eigenvalue weighted by molar-refractivity contribution is 5.92. The van der Waals surface area contributed by atoms with E-state index in [1.165, 1.54) is 0 Å². The van der Waals surface area contributed by atoms with Crippen molar-refractivity contribution in [3.63, 3.8) is 0 Å². The molecule has 2 heterocycles. The van der Waals surface area contributed by atoms with Crippen molar-refractivity contribution < 1.29 is 4.79 Å². The van der Waals surface area contributed by atoms with Crippen LogP contribution in [0.5, 0.6) is 0 Å². The number of hydrogen-bond acceptors (Lipinski definition) is 6. The fourth-order valence-electron chi connectivity index (χ4n) is 5.64. The minimum atomic E-state index is -0.819. The molecule has 8 nitrogen and oxygen atoms in total. The Hall–Kier alpha value is -2.92. The summed E-state index contributed by atoms with van der Waals surface area (Å²) in [5, 5.41) is 17.1. The van der Waals surface area contributed by atoms with Gasteiger partial charge in [-0.1, -0.05) is 52.2 Å². The number of anilines is 1. The lowest BCUT2D eigenvalue weighted by molar-refractivity contribution is -0.124. The number of hydrogen-bond donors (Lipinski definition) is 2. The van der Waals surface area contributed by atoms with Crippen LogP contribution in [0.3, 0.4) is 0 Å². The molecule has 36 heavy (non-hydrogen) atoms. The number of carbonyl (C=O) groups is 1. The maximum Gasteiger partial charge on any atom is 0.350 e. The van der Waals surface area contributed by atoms with Crippen LogP contribution in [-0.4, -0.2) is 52.1 Å². The number of likely N-dealkylation sites (tertiary alicyclic amines) is 1. The van der Waals surface area contributed by atoms with Crippen molar-refractivity contribution in [1.82, 2.24) is 19.8 Å². The van der Waals surface area contributed by atoms with E-state index < -0.39 is 11.6 Å². The summed E-state index contributed by atoms with van der Waals surface area (Å²) in [7, 11) is 2.10. The number of para-hydroxylation sites is 1. The number of fused-ring (bicyclic) bond motifs is 1. The van der Waals surface area contributed by atoms with Crippen LogP contribution >= 0.6 is 0 Å². The van der Waals surface area contributed by atoms with Crippen LogP contribution in [0.1, 0.15) is 78.2 Å². The first kappa shape index (κ1) is 26.2. The molecule has 2 N–H and O–H groups in total. The second-order valence-corrected chi connectivity index (χ2v) is 11.9. The topological polar surface area (TPSA) is 103 Å². The molecule has 4 rings (SSSR count). The normalized spacial score (nSPS) is 20.0. The van der Waals surface area contributed by atoms with E-state index in [-0.39, 0.29) is 23.1 Å². The Morgan fingerprint density at radius 2 is 1.86 bits per heavy atom. The summed E-state index contributed by atoms with van der Waals surface area (Å²) < 4.78 is 1.83. The Balaban J connectivity index is 1.67. The maximum atomic E-state index is 13.6. The maximum absolute atomic E-state index is 13.6. The van der Waals surface area contributed by atoms with Crippen LogP contribution in [0, 0.1) is 16.7 Å². The molecular weight excluding hydrogens is 452 g/mol. The fourth-order valence-corrected chi connectivity index (χ4v) is 5.64. The molecule has 1 atom stereocenters. The van der Waals surface area contributed by atoms with Gasteiger partial charge in [-0.05, 0) is 69.8 Å². The molecule has 2 aliphatic rings. The van der Waals surface area contributed by atoms with Crippen LogP contribution in [0.15, 0.2) is 29.1 Å². The SMILES string of the molecule is CN1CCC(n2c(=O)nc(NC(CC(C)(C)C)C(=O)NC3(C#N)CCCCC3)c3ccccc32)CC1. The molecule has 0 bridgehead atoms. The van der Waals surface area contributed by atoms with Gasteiger partial charge in [-0.2, -0.15) is 10.2 Å². The van der Waals surface area contributed by atoms with Gasteiger partial charge in [-0.15, -0.1) is 0 Å². The Kier molecular flexibility index (Phi) is 7.70. The number of aromatic nitrogens is 2. The number of nitrogens with zero attached hydrogens (tertiary/aromatic N) is 4. The lowest BCUT2D eigenvalue weighted by Crippen LogP contribution is -2.54. The smallest absolute Gasteiger partial charge is 0.350 e. The molecule has 1 aliphatic carbocycles. The summed E-state index contributed by atoms with van der Waals surface area (Å²) in [6.07, 6.45) is 6.65. The molecule has 2 aromatic rings. The monoisotopic (exact) mass is 492 g/mol. The van der Waals surface area contributed by atoms with Crippen molar-refractivity contribution in [3.8, 4) is 6.07 Å². The van der Waals surface area contributed by atoms with E-state index in [0.29, 0.717) is 25.1 Å². The van der Waals surface area contributed by atoms with Crippen molar-refractivity contribution in [2.24, 2.45) is 5.41 Å². The predicted molar refractivity (Wildman–Crippen MR) is 143 cm³/mol. The summed E-state index contributed by atoms with van der Waals surface area (Å²) in [6, 6.07) is 9.67. The van der Waals surface area contributed by atoms with Gasteiger partial charge in [0.2, 0.25) is 5.91 Å². The highest BCUT2D eigenvalue weighted by atomic mass is 16.2. The number of piperidine rings is 1. The highest BCUT2D eigenvalue weighted by Gasteiger charge is 2.37. The molecule has 1 unspecified atom stereocenters. The van der Waals surface area contributed by atoms with Gasteiger partial charge in [0.25, 0.3) is 0 Å². The van der Waals surface area contributed by atoms with Gasteiger partial charge in [-0.25, -0.2) is 4.79 Å². The van der Waals surface area contributed by atoms with E-state index in [1.54, 1.807) is 0 Å². The minimum Gasteiger partial charge on any atom is -0.358 e. The molecule has 1 aromatic heterocycles. The first-order valence-corrected chi connectivity index (χ1v) is 13.3. The van der Waals surface area contributed by atoms with Crippen molar-refractivity contribution in [1.29, 1.82) is 5.26 Å². The van der Waals surface area contributed by atoms with Crippen LogP contribution in [0.25, 0.3) is 10.9 Å². The van der Waals surface area contributed by atoms with Crippen LogP contribution in [-0.2, 0) is 4.79 Å². The van der Waals surface area contributed by atoms with Crippen molar-refractivity contribution in [2.45, 2.75) is 89.8 Å². The summed E-state index contributed by atoms with van der Waals surface area (Å²) in [5.41, 5.74) is -0.424. The molecule has 194 valence electrons. The fraction of sp³-hybridized carbons (Fsp3) is 0.643. The quantitative estimate of drug-likeness (QED) is 0.626. The van der Waals surface area contributed by atoms with Crippen LogP contribution < -0.4 is 16.3 Å². The largest absolute Gasteiger partial charge is 0.358 e. The van der Waals surface area contributed by atoms with E-state index in [0.717, 1.165) is 56.1 Å². The van der Waals surface area contributed by atoms with E-state index in [9.17, 15) is 14.9 Å². The Morgan fingerprint density at radius 3 is 2.50 bits per heavy atom. The van der Waals surface area contributed by atoms with Gasteiger partial charge in [0.15, 0.2) is 0 Å². The van der Waals surface area contributed by atoms with Gasteiger partial charge < -0.3 is 15.5 Å². The van der Waals surface area contributed by atoms with Gasteiger partial charge in [0, 0.05) is 11.4 Å². The Morgan fingerprint density at radius 1 is 1.19 bits per heavy atom. The molecule has 1 amide bonds. The number of carbonyl (C=O) groups excluding carboxylic acids is 1. The summed E-state index contributed by atoms with van der Waals surface area (Å²) in [6.45, 7) is 8.14. The number of rotatable bonds is 6. The van der Waals surface area contributed by atoms with Gasteiger partial charge in [0.1, 0.15) is 17.4 Å². The zero-order valence-electron chi connectivity index (χ0n) is 22.1. The Bertz CT molecular complexity index is 1180. The standard InChI is InChI=1S/C28H40N6O2/c1-27(2,3)18-22(25(35)32-28(19-29)14-8-5-9-15-28)30-24-21-10-6-7-11-23(21)34(26(36)31-24)20-12-16-33(4)17-13-20/h6-7,10-11,20,22H,5,8-9,12-18H2,1-4H3,(H,32,35)(H,30,31,36). The molecule has 1 aliphatic heterocycles. The Labute approximate surface area is 214 Å². The molecule has 8 heteroatoms. The van der Waals surface area contributed by atoms with Crippen molar-refractivity contribution in [3.05, 3.63) is 34.7 Å². The highest BCUT2D eigenvalue weighted by Crippen LogP contribution is 2.31. The molecule has 1 saturated carbocycles. The number of benzene rings is 1. The molecule has 1 aromatic carbocycles. The lowest BCUT2D eigenvalue weighted by Gasteiger charge is -2.35.